The lowest BCUT2D eigenvalue weighted by molar-refractivity contribution is 0.103. The predicted octanol–water partition coefficient (Wildman–Crippen LogP) is 4.71. The van der Waals surface area contributed by atoms with E-state index in [1.54, 1.807) is 6.07 Å². The molecule has 0 bridgehead atoms. The summed E-state index contributed by atoms with van der Waals surface area (Å²) >= 11 is 3.16. The van der Waals surface area contributed by atoms with Crippen molar-refractivity contribution in [3.8, 4) is 6.07 Å². The molecule has 2 fully saturated rings. The first-order valence-corrected chi connectivity index (χ1v) is 14.8. The van der Waals surface area contributed by atoms with Gasteiger partial charge in [-0.15, -0.1) is 0 Å². The van der Waals surface area contributed by atoms with Crippen molar-refractivity contribution < 1.29 is 9.35 Å². The minimum atomic E-state index is -0.628. The maximum Gasteiger partial charge on any atom is 0.195 e. The summed E-state index contributed by atoms with van der Waals surface area (Å²) in [6.07, 6.45) is 2.07. The number of carbonyl (C=O) groups is 1. The third-order valence-corrected chi connectivity index (χ3v) is 10.3. The summed E-state index contributed by atoms with van der Waals surface area (Å²) in [5, 5.41) is 10.2. The summed E-state index contributed by atoms with van der Waals surface area (Å²) in [5.74, 6) is 1.69. The van der Waals surface area contributed by atoms with Crippen molar-refractivity contribution in [3.05, 3.63) is 62.8 Å². The minimum Gasteiger partial charge on any atom is -0.616 e. The third kappa shape index (κ3) is 3.79. The third-order valence-electron chi connectivity index (χ3n) is 8.31. The molecule has 6 nitrogen and oxygen atoms in total. The zero-order valence-electron chi connectivity index (χ0n) is 20.6. The number of piperazine rings is 1. The van der Waals surface area contributed by atoms with Crippen molar-refractivity contribution in [1.29, 1.82) is 5.26 Å². The lowest BCUT2D eigenvalue weighted by Gasteiger charge is -2.42. The van der Waals surface area contributed by atoms with Crippen molar-refractivity contribution in [2.75, 3.05) is 42.6 Å². The van der Waals surface area contributed by atoms with E-state index in [4.69, 9.17) is 0 Å². The molecule has 8 heteroatoms. The molecule has 6 rings (SSSR count). The number of nitriles is 1. The van der Waals surface area contributed by atoms with E-state index < -0.39 is 11.2 Å². The van der Waals surface area contributed by atoms with E-state index in [9.17, 15) is 14.6 Å². The topological polar surface area (TPSA) is 86.2 Å². The first-order chi connectivity index (χ1) is 17.3. The highest BCUT2D eigenvalue weighted by Crippen LogP contribution is 2.46. The van der Waals surface area contributed by atoms with E-state index in [0.29, 0.717) is 17.2 Å². The second-order valence-corrected chi connectivity index (χ2v) is 13.2. The number of rotatable bonds is 2. The first-order valence-electron chi connectivity index (χ1n) is 12.6. The molecule has 0 saturated carbocycles. The van der Waals surface area contributed by atoms with Gasteiger partial charge in [0, 0.05) is 77.1 Å². The van der Waals surface area contributed by atoms with Gasteiger partial charge in [0.1, 0.15) is 11.5 Å². The average Bonchev–Trinajstić information content (AvgIpc) is 3.28. The Balaban J connectivity index is 1.32. The maximum absolute atomic E-state index is 13.8. The molecule has 1 N–H and O–H groups in total. The fourth-order valence-electron chi connectivity index (χ4n) is 6.22. The summed E-state index contributed by atoms with van der Waals surface area (Å²) in [6.45, 7) is 8.19. The van der Waals surface area contributed by atoms with E-state index in [1.165, 1.54) is 0 Å². The molecule has 2 saturated heterocycles. The fourth-order valence-corrected chi connectivity index (χ4v) is 8.09. The molecule has 2 aliphatic heterocycles. The number of hydrogen-bond acceptors (Lipinski definition) is 5. The summed E-state index contributed by atoms with van der Waals surface area (Å²) in [7, 11) is 0. The number of nitrogens with one attached hydrogen (secondary N) is 1. The van der Waals surface area contributed by atoms with Crippen molar-refractivity contribution in [2.24, 2.45) is 0 Å². The van der Waals surface area contributed by atoms with Gasteiger partial charge in [0.25, 0.3) is 0 Å². The monoisotopic (exact) mass is 564 g/mol. The van der Waals surface area contributed by atoms with Gasteiger partial charge in [-0.2, -0.15) is 5.26 Å². The summed E-state index contributed by atoms with van der Waals surface area (Å²) in [5.41, 5.74) is 5.55. The van der Waals surface area contributed by atoms with Gasteiger partial charge in [0.05, 0.1) is 22.9 Å². The van der Waals surface area contributed by atoms with Crippen molar-refractivity contribution in [1.82, 2.24) is 9.88 Å². The number of ketones is 1. The van der Waals surface area contributed by atoms with Crippen LogP contribution in [0.5, 0.6) is 0 Å². The first kappa shape index (κ1) is 24.1. The normalized spacial score (nSPS) is 23.9. The number of halogens is 1. The number of carbonyl (C=O) groups excluding carboxylic acids is 1. The van der Waals surface area contributed by atoms with E-state index in [-0.39, 0.29) is 11.2 Å². The maximum atomic E-state index is 13.8. The predicted molar refractivity (Wildman–Crippen MR) is 147 cm³/mol. The molecular formula is C28H29BrN4O2S. The molecule has 3 aromatic rings. The van der Waals surface area contributed by atoms with Crippen molar-refractivity contribution >= 4 is 49.5 Å². The average molecular weight is 566 g/mol. The number of H-pyrrole nitrogens is 1. The van der Waals surface area contributed by atoms with Crippen LogP contribution in [0.15, 0.2) is 34.8 Å². The lowest BCUT2D eigenvalue weighted by Crippen LogP contribution is -2.52. The molecule has 3 aliphatic rings. The number of hydrogen-bond donors (Lipinski definition) is 1. The van der Waals surface area contributed by atoms with Crippen molar-refractivity contribution in [3.63, 3.8) is 0 Å². The van der Waals surface area contributed by atoms with Gasteiger partial charge < -0.3 is 14.4 Å². The van der Waals surface area contributed by atoms with Crippen LogP contribution in [0.1, 0.15) is 59.4 Å². The Morgan fingerprint density at radius 2 is 1.86 bits per heavy atom. The zero-order valence-corrected chi connectivity index (χ0v) is 23.0. The molecular weight excluding hydrogens is 536 g/mol. The zero-order chi connectivity index (χ0) is 25.2. The highest BCUT2D eigenvalue weighted by Gasteiger charge is 2.41. The Labute approximate surface area is 223 Å². The lowest BCUT2D eigenvalue weighted by atomic mass is 9.71. The van der Waals surface area contributed by atoms with Gasteiger partial charge in [0.2, 0.25) is 0 Å². The van der Waals surface area contributed by atoms with Gasteiger partial charge in [-0.05, 0) is 45.8 Å². The Bertz CT molecular complexity index is 1410. The smallest absolute Gasteiger partial charge is 0.195 e. The SMILES string of the molecule is CC1(C)c2cc(N3CCN(C4CC[S+]([O-])CC4)CC3)c(Br)cc2C(=O)c2c1[nH]c1cc(C#N)ccc21. The molecule has 1 aromatic heterocycles. The summed E-state index contributed by atoms with van der Waals surface area (Å²) in [4.78, 5) is 22.2. The van der Waals surface area contributed by atoms with E-state index in [1.807, 2.05) is 18.2 Å². The molecule has 36 heavy (non-hydrogen) atoms. The Morgan fingerprint density at radius 1 is 1.14 bits per heavy atom. The van der Waals surface area contributed by atoms with E-state index >= 15 is 0 Å². The minimum absolute atomic E-state index is 0.0297. The van der Waals surface area contributed by atoms with Gasteiger partial charge in [0.15, 0.2) is 5.78 Å². The fraction of sp³-hybridized carbons (Fsp3) is 0.429. The molecule has 0 atom stereocenters. The Morgan fingerprint density at radius 3 is 2.56 bits per heavy atom. The molecule has 0 radical (unpaired) electrons. The number of anilines is 1. The number of aromatic amines is 1. The summed E-state index contributed by atoms with van der Waals surface area (Å²) < 4.78 is 12.7. The molecule has 0 unspecified atom stereocenters. The largest absolute Gasteiger partial charge is 0.616 e. The van der Waals surface area contributed by atoms with Crippen LogP contribution >= 0.6 is 15.9 Å². The van der Waals surface area contributed by atoms with Gasteiger partial charge in [-0.1, -0.05) is 31.1 Å². The molecule has 2 aromatic carbocycles. The van der Waals surface area contributed by atoms with Crippen LogP contribution in [-0.4, -0.2) is 63.9 Å². The van der Waals surface area contributed by atoms with Crippen molar-refractivity contribution in [2.45, 2.75) is 38.1 Å². The number of aromatic nitrogens is 1. The van der Waals surface area contributed by atoms with Crippen LogP contribution < -0.4 is 4.90 Å². The standard InChI is InChI=1S/C28H29BrN4O2S/c1-28(2)21-15-24(33-9-7-32(8-10-33)18-5-11-36(35)12-6-18)22(29)14-20(21)26(34)25-19-4-3-17(16-30)13-23(19)31-27(25)28/h3-4,13-15,18,31H,5-12H2,1-2H3. The van der Waals surface area contributed by atoms with E-state index in [0.717, 1.165) is 88.4 Å². The molecule has 0 spiro atoms. The quantitative estimate of drug-likeness (QED) is 0.455. The van der Waals surface area contributed by atoms with Gasteiger partial charge in [-0.25, -0.2) is 0 Å². The number of fused-ring (bicyclic) bond motifs is 4. The Hall–Kier alpha value is -2.31. The number of nitrogens with zero attached hydrogens (tertiary/aromatic N) is 3. The van der Waals surface area contributed by atoms with Gasteiger partial charge in [-0.3, -0.25) is 9.69 Å². The molecule has 3 heterocycles. The Kier molecular flexibility index (Phi) is 5.95. The van der Waals surface area contributed by atoms with Gasteiger partial charge >= 0.3 is 0 Å². The molecule has 0 amide bonds. The van der Waals surface area contributed by atoms with Crippen LogP contribution in [-0.2, 0) is 16.6 Å². The molecule has 186 valence electrons. The summed E-state index contributed by atoms with van der Waals surface area (Å²) in [6, 6.07) is 12.4. The van der Waals surface area contributed by atoms with Crippen LogP contribution in [0.3, 0.4) is 0 Å². The van der Waals surface area contributed by atoms with Crippen LogP contribution in [0.25, 0.3) is 10.9 Å². The molecule has 1 aliphatic carbocycles. The van der Waals surface area contributed by atoms with Crippen LogP contribution in [0.4, 0.5) is 5.69 Å². The highest BCUT2D eigenvalue weighted by molar-refractivity contribution is 9.10. The van der Waals surface area contributed by atoms with E-state index in [2.05, 4.69) is 56.7 Å². The second kappa shape index (κ2) is 8.91. The second-order valence-electron chi connectivity index (χ2n) is 10.7. The number of benzene rings is 2. The van der Waals surface area contributed by atoms with Crippen LogP contribution in [0, 0.1) is 11.3 Å². The highest BCUT2D eigenvalue weighted by atomic mass is 79.9. The van der Waals surface area contributed by atoms with Crippen LogP contribution in [0.2, 0.25) is 0 Å².